The number of ether oxygens (including phenoxy) is 1. The fraction of sp³-hybridized carbons (Fsp3) is 0.826. The van der Waals surface area contributed by atoms with Crippen molar-refractivity contribution in [1.82, 2.24) is 0 Å². The Labute approximate surface area is 164 Å². The van der Waals surface area contributed by atoms with Crippen LogP contribution in [0.3, 0.4) is 0 Å². The summed E-state index contributed by atoms with van der Waals surface area (Å²) in [6.45, 7) is 2.24. The molecule has 0 aromatic heterocycles. The van der Waals surface area contributed by atoms with Crippen molar-refractivity contribution in [3.63, 3.8) is 0 Å². The van der Waals surface area contributed by atoms with Gasteiger partial charge in [-0.1, -0.05) is 32.6 Å². The highest BCUT2D eigenvalue weighted by molar-refractivity contribution is 5.72. The highest BCUT2D eigenvalue weighted by Crippen LogP contribution is 2.34. The van der Waals surface area contributed by atoms with Gasteiger partial charge in [0.15, 0.2) is 5.83 Å². The molecule has 2 aliphatic rings. The number of carbonyl (C=O) groups is 1. The van der Waals surface area contributed by atoms with Crippen molar-refractivity contribution in [1.29, 1.82) is 5.26 Å². The predicted molar refractivity (Wildman–Crippen MR) is 105 cm³/mol. The first kappa shape index (κ1) is 21.9. The second-order valence-corrected chi connectivity index (χ2v) is 8.53. The minimum atomic E-state index is -0.683. The molecule has 27 heavy (non-hydrogen) atoms. The Kier molecular flexibility index (Phi) is 9.87. The summed E-state index contributed by atoms with van der Waals surface area (Å²) in [7, 11) is 0. The van der Waals surface area contributed by atoms with Crippen molar-refractivity contribution in [3.05, 3.63) is 11.9 Å². The lowest BCUT2D eigenvalue weighted by molar-refractivity contribution is -0.157. The Morgan fingerprint density at radius 3 is 2.30 bits per heavy atom. The number of unbranched alkanes of at least 4 members (excludes halogenated alkanes) is 2. The Morgan fingerprint density at radius 1 is 1.04 bits per heavy atom. The molecule has 0 spiro atoms. The third-order valence-corrected chi connectivity index (χ3v) is 6.48. The molecule has 2 aliphatic carbocycles. The number of hydrogen-bond donors (Lipinski definition) is 0. The first-order valence-electron chi connectivity index (χ1n) is 11.1. The van der Waals surface area contributed by atoms with E-state index in [-0.39, 0.29) is 18.0 Å². The van der Waals surface area contributed by atoms with Gasteiger partial charge in [0.1, 0.15) is 12.2 Å². The second-order valence-electron chi connectivity index (χ2n) is 8.53. The molecule has 0 amide bonds. The van der Waals surface area contributed by atoms with Crippen LogP contribution in [-0.4, -0.2) is 12.1 Å². The molecule has 0 N–H and O–H groups in total. The maximum Gasteiger partial charge on any atom is 0.309 e. The highest BCUT2D eigenvalue weighted by atomic mass is 19.1. The molecule has 0 aliphatic heterocycles. The van der Waals surface area contributed by atoms with Crippen LogP contribution in [0.1, 0.15) is 96.8 Å². The van der Waals surface area contributed by atoms with Crippen LogP contribution in [0.4, 0.5) is 4.39 Å². The van der Waals surface area contributed by atoms with Gasteiger partial charge in [0.25, 0.3) is 0 Å². The van der Waals surface area contributed by atoms with E-state index in [1.165, 1.54) is 50.7 Å². The zero-order chi connectivity index (χ0) is 19.5. The normalized spacial score (nSPS) is 29.1. The van der Waals surface area contributed by atoms with Crippen molar-refractivity contribution in [2.75, 3.05) is 0 Å². The summed E-state index contributed by atoms with van der Waals surface area (Å²) < 4.78 is 18.6. The van der Waals surface area contributed by atoms with Gasteiger partial charge >= 0.3 is 5.97 Å². The average Bonchev–Trinajstić information content (AvgIpc) is 2.70. The summed E-state index contributed by atoms with van der Waals surface area (Å²) in [5, 5.41) is 8.42. The first-order valence-corrected chi connectivity index (χ1v) is 11.1. The van der Waals surface area contributed by atoms with Gasteiger partial charge in [-0.15, -0.1) is 0 Å². The first-order chi connectivity index (χ1) is 13.1. The van der Waals surface area contributed by atoms with E-state index < -0.39 is 5.83 Å². The number of rotatable bonds is 9. The Hall–Kier alpha value is -1.37. The maximum absolute atomic E-state index is 12.8. The summed E-state index contributed by atoms with van der Waals surface area (Å²) in [5.74, 6) is 0.837. The minimum Gasteiger partial charge on any atom is -0.462 e. The quantitative estimate of drug-likeness (QED) is 0.257. The van der Waals surface area contributed by atoms with Crippen LogP contribution >= 0.6 is 0 Å². The molecular formula is C23H36FNO2. The Morgan fingerprint density at radius 2 is 1.67 bits per heavy atom. The molecule has 2 saturated carbocycles. The summed E-state index contributed by atoms with van der Waals surface area (Å²) in [4.78, 5) is 12.5. The van der Waals surface area contributed by atoms with E-state index in [4.69, 9.17) is 10.00 Å². The molecule has 2 rings (SSSR count). The van der Waals surface area contributed by atoms with Gasteiger partial charge in [-0.2, -0.15) is 9.65 Å². The summed E-state index contributed by atoms with van der Waals surface area (Å²) >= 11 is 0. The zero-order valence-electron chi connectivity index (χ0n) is 16.9. The average molecular weight is 378 g/mol. The summed E-state index contributed by atoms with van der Waals surface area (Å²) in [5.41, 5.74) is 0. The molecule has 3 nitrogen and oxygen atoms in total. The van der Waals surface area contributed by atoms with Gasteiger partial charge in [0.2, 0.25) is 0 Å². The largest absolute Gasteiger partial charge is 0.462 e. The molecule has 0 saturated heterocycles. The van der Waals surface area contributed by atoms with Gasteiger partial charge in [-0.3, -0.25) is 4.79 Å². The number of hydrogen-bond acceptors (Lipinski definition) is 3. The zero-order valence-corrected chi connectivity index (χ0v) is 16.9. The van der Waals surface area contributed by atoms with Crippen molar-refractivity contribution < 1.29 is 13.9 Å². The summed E-state index contributed by atoms with van der Waals surface area (Å²) in [6, 6.07) is 1.51. The molecule has 152 valence electrons. The number of allylic oxidation sites excluding steroid dienone is 2. The van der Waals surface area contributed by atoms with E-state index in [2.05, 4.69) is 6.92 Å². The van der Waals surface area contributed by atoms with Crippen LogP contribution in [0.15, 0.2) is 11.9 Å². The lowest BCUT2D eigenvalue weighted by Gasteiger charge is -2.31. The number of halogens is 1. The predicted octanol–water partition coefficient (Wildman–Crippen LogP) is 6.63. The molecule has 0 aromatic rings. The van der Waals surface area contributed by atoms with Crippen LogP contribution in [0.5, 0.6) is 0 Å². The fourth-order valence-electron chi connectivity index (χ4n) is 4.66. The molecule has 0 unspecified atom stereocenters. The number of nitrogens with zero attached hydrogens (tertiary/aromatic N) is 1. The van der Waals surface area contributed by atoms with Crippen molar-refractivity contribution in [2.24, 2.45) is 17.8 Å². The second kappa shape index (κ2) is 12.2. The third-order valence-electron chi connectivity index (χ3n) is 6.48. The smallest absolute Gasteiger partial charge is 0.309 e. The SMILES string of the molecule is CCCCC[C@H]1CC[C@H](C(=O)O[C@H]2CC[C@H](CCC=C(F)C#N)CC2)CC1. The Balaban J connectivity index is 1.60. The van der Waals surface area contributed by atoms with Crippen molar-refractivity contribution in [3.8, 4) is 6.07 Å². The fourth-order valence-corrected chi connectivity index (χ4v) is 4.66. The molecule has 0 radical (unpaired) electrons. The Bertz CT molecular complexity index is 509. The molecule has 0 atom stereocenters. The standard InChI is InChI=1S/C23H36FNO2/c1-2-3-4-6-18-9-13-20(14-10-18)23(26)27-22-15-11-19(12-16-22)7-5-8-21(24)17-25/h8,18-20,22H,2-7,9-16H2,1H3/t18-,19-,20-,22-. The van der Waals surface area contributed by atoms with Gasteiger partial charge in [-0.05, 0) is 82.1 Å². The van der Waals surface area contributed by atoms with E-state index in [9.17, 15) is 9.18 Å². The van der Waals surface area contributed by atoms with Gasteiger partial charge in [0, 0.05) is 0 Å². The van der Waals surface area contributed by atoms with E-state index in [0.717, 1.165) is 50.9 Å². The van der Waals surface area contributed by atoms with E-state index in [0.29, 0.717) is 12.3 Å². The molecule has 4 heteroatoms. The molecule has 0 bridgehead atoms. The van der Waals surface area contributed by atoms with Crippen LogP contribution in [0.2, 0.25) is 0 Å². The molecule has 0 heterocycles. The van der Waals surface area contributed by atoms with Crippen LogP contribution in [0, 0.1) is 29.1 Å². The van der Waals surface area contributed by atoms with Gasteiger partial charge < -0.3 is 4.74 Å². The van der Waals surface area contributed by atoms with Crippen LogP contribution in [0.25, 0.3) is 0 Å². The highest BCUT2D eigenvalue weighted by Gasteiger charge is 2.30. The van der Waals surface area contributed by atoms with E-state index >= 15 is 0 Å². The number of nitriles is 1. The number of carbonyl (C=O) groups excluding carboxylic acids is 1. The van der Waals surface area contributed by atoms with Crippen molar-refractivity contribution >= 4 is 5.97 Å². The van der Waals surface area contributed by atoms with Gasteiger partial charge in [-0.25, -0.2) is 0 Å². The van der Waals surface area contributed by atoms with Gasteiger partial charge in [0.05, 0.1) is 5.92 Å². The monoisotopic (exact) mass is 377 g/mol. The van der Waals surface area contributed by atoms with Crippen LogP contribution in [-0.2, 0) is 9.53 Å². The topological polar surface area (TPSA) is 50.1 Å². The molecule has 2 fully saturated rings. The molecular weight excluding hydrogens is 341 g/mol. The van der Waals surface area contributed by atoms with Crippen molar-refractivity contribution in [2.45, 2.75) is 103 Å². The lowest BCUT2D eigenvalue weighted by atomic mass is 9.79. The molecule has 0 aromatic carbocycles. The van der Waals surface area contributed by atoms with E-state index in [1.807, 2.05) is 0 Å². The maximum atomic E-state index is 12.8. The third kappa shape index (κ3) is 8.03. The van der Waals surface area contributed by atoms with E-state index in [1.54, 1.807) is 0 Å². The van der Waals surface area contributed by atoms with Crippen LogP contribution < -0.4 is 0 Å². The summed E-state index contributed by atoms with van der Waals surface area (Å²) in [6.07, 6.45) is 16.5. The minimum absolute atomic E-state index is 0.0319. The number of esters is 1. The lowest BCUT2D eigenvalue weighted by Crippen LogP contribution is -2.30.